The molecule has 2 N–H and O–H groups in total. The van der Waals surface area contributed by atoms with Gasteiger partial charge >= 0.3 is 12.2 Å². The summed E-state index contributed by atoms with van der Waals surface area (Å²) in [6.07, 6.45) is 0.110. The van der Waals surface area contributed by atoms with Crippen molar-refractivity contribution < 1.29 is 28.6 Å². The Morgan fingerprint density at radius 2 is 1.95 bits per heavy atom. The minimum atomic E-state index is -0.696. The fraction of sp³-hybridized carbons (Fsp3) is 0.360. The molecule has 1 aromatic heterocycles. The molecule has 0 bridgehead atoms. The van der Waals surface area contributed by atoms with Crippen molar-refractivity contribution in [1.82, 2.24) is 19.8 Å². The second kappa shape index (κ2) is 10.3. The van der Waals surface area contributed by atoms with Crippen LogP contribution in [0.15, 0.2) is 36.7 Å². The van der Waals surface area contributed by atoms with Crippen molar-refractivity contribution in [2.75, 3.05) is 25.0 Å². The molecule has 4 rings (SSSR count). The topological polar surface area (TPSA) is 117 Å². The second-order valence-electron chi connectivity index (χ2n) is 9.62. The van der Waals surface area contributed by atoms with Crippen LogP contribution in [0.4, 0.5) is 25.5 Å². The normalized spacial score (nSPS) is 16.0. The van der Waals surface area contributed by atoms with Gasteiger partial charge in [0.15, 0.2) is 17.3 Å². The zero-order chi connectivity index (χ0) is 26.9. The van der Waals surface area contributed by atoms with Crippen LogP contribution in [-0.4, -0.2) is 68.3 Å². The summed E-state index contributed by atoms with van der Waals surface area (Å²) in [7, 11) is 0. The number of phenols is 1. The lowest BCUT2D eigenvalue weighted by molar-refractivity contribution is 0.00782. The third-order valence-corrected chi connectivity index (χ3v) is 5.92. The Hall–Kier alpha value is -3.86. The van der Waals surface area contributed by atoms with Crippen molar-refractivity contribution in [2.24, 2.45) is 0 Å². The molecule has 2 amide bonds. The van der Waals surface area contributed by atoms with E-state index < -0.39 is 23.6 Å². The fourth-order valence-electron chi connectivity index (χ4n) is 3.86. The zero-order valence-corrected chi connectivity index (χ0v) is 21.5. The molecule has 1 aliphatic heterocycles. The number of ether oxygens (including phenoxy) is 2. The molecule has 1 saturated heterocycles. The van der Waals surface area contributed by atoms with Gasteiger partial charge in [-0.05, 0) is 45.9 Å². The summed E-state index contributed by atoms with van der Waals surface area (Å²) in [5.74, 6) is -0.855. The van der Waals surface area contributed by atoms with Crippen LogP contribution < -0.4 is 10.1 Å². The predicted octanol–water partition coefficient (Wildman–Crippen LogP) is 5.31. The van der Waals surface area contributed by atoms with Crippen LogP contribution in [0.3, 0.4) is 0 Å². The van der Waals surface area contributed by atoms with E-state index in [1.807, 2.05) is 0 Å². The molecule has 2 heterocycles. The van der Waals surface area contributed by atoms with Crippen molar-refractivity contribution in [3.8, 4) is 11.5 Å². The predicted molar refractivity (Wildman–Crippen MR) is 136 cm³/mol. The number of benzene rings is 2. The number of aromatic nitrogens is 2. The lowest BCUT2D eigenvalue weighted by Gasteiger charge is -2.39. The van der Waals surface area contributed by atoms with Crippen molar-refractivity contribution in [2.45, 2.75) is 39.3 Å². The fourth-order valence-corrected chi connectivity index (χ4v) is 4.03. The Morgan fingerprint density at radius 1 is 1.19 bits per heavy atom. The van der Waals surface area contributed by atoms with Crippen LogP contribution >= 0.6 is 11.6 Å². The summed E-state index contributed by atoms with van der Waals surface area (Å²) in [6.45, 7) is 7.90. The van der Waals surface area contributed by atoms with Gasteiger partial charge in [-0.25, -0.2) is 23.9 Å². The molecule has 12 heteroatoms. The van der Waals surface area contributed by atoms with Crippen LogP contribution in [0.25, 0.3) is 10.9 Å². The first kappa shape index (κ1) is 26.2. The Labute approximate surface area is 218 Å². The molecule has 0 radical (unpaired) electrons. The van der Waals surface area contributed by atoms with Crippen LogP contribution in [0.5, 0.6) is 11.5 Å². The number of piperazine rings is 1. The molecule has 1 atom stereocenters. The van der Waals surface area contributed by atoms with Gasteiger partial charge in [-0.3, -0.25) is 0 Å². The van der Waals surface area contributed by atoms with Gasteiger partial charge in [0.1, 0.15) is 17.7 Å². The molecule has 3 aromatic rings. The van der Waals surface area contributed by atoms with Crippen LogP contribution in [0, 0.1) is 5.82 Å². The minimum absolute atomic E-state index is 0.0588. The number of hydrogen-bond acceptors (Lipinski definition) is 8. The maximum atomic E-state index is 14.4. The Kier molecular flexibility index (Phi) is 7.26. The number of hydrogen-bond donors (Lipinski definition) is 2. The number of aromatic hydroxyl groups is 1. The van der Waals surface area contributed by atoms with Crippen molar-refractivity contribution in [1.29, 1.82) is 0 Å². The average molecular weight is 532 g/mol. The Morgan fingerprint density at radius 3 is 2.65 bits per heavy atom. The number of carbonyl (C=O) groups excluding carboxylic acids is 2. The SMILES string of the molecule is CC1CN(C(=O)OC(C)(C)C)CCN1C(=O)Oc1cc2c(Nc3cccc(Cl)c3F)ncnc2cc1O. The number of nitrogens with zero attached hydrogens (tertiary/aromatic N) is 4. The van der Waals surface area contributed by atoms with E-state index in [-0.39, 0.29) is 53.7 Å². The zero-order valence-electron chi connectivity index (χ0n) is 20.8. The molecule has 0 aliphatic carbocycles. The first-order valence-electron chi connectivity index (χ1n) is 11.6. The number of anilines is 2. The van der Waals surface area contributed by atoms with E-state index in [4.69, 9.17) is 21.1 Å². The summed E-state index contributed by atoms with van der Waals surface area (Å²) >= 11 is 5.87. The lowest BCUT2D eigenvalue weighted by atomic mass is 10.2. The van der Waals surface area contributed by atoms with Crippen LogP contribution in [0.2, 0.25) is 5.02 Å². The summed E-state index contributed by atoms with van der Waals surface area (Å²) in [5, 5.41) is 13.7. The average Bonchev–Trinajstić information content (AvgIpc) is 2.81. The number of phenolic OH excluding ortho intramolecular Hbond substituents is 1. The highest BCUT2D eigenvalue weighted by Gasteiger charge is 2.33. The number of fused-ring (bicyclic) bond motifs is 1. The van der Waals surface area contributed by atoms with E-state index in [0.29, 0.717) is 10.9 Å². The van der Waals surface area contributed by atoms with Gasteiger partial charge in [-0.15, -0.1) is 0 Å². The smallest absolute Gasteiger partial charge is 0.415 e. The molecular formula is C25H27ClFN5O5. The van der Waals surface area contributed by atoms with E-state index in [1.165, 1.54) is 40.4 Å². The van der Waals surface area contributed by atoms with Crippen molar-refractivity contribution in [3.05, 3.63) is 47.5 Å². The summed E-state index contributed by atoms with van der Waals surface area (Å²) < 4.78 is 25.3. The van der Waals surface area contributed by atoms with Gasteiger partial charge < -0.3 is 29.7 Å². The molecular weight excluding hydrogens is 505 g/mol. The minimum Gasteiger partial charge on any atom is -0.504 e. The highest BCUT2D eigenvalue weighted by atomic mass is 35.5. The molecule has 0 spiro atoms. The van der Waals surface area contributed by atoms with Gasteiger partial charge in [0.05, 0.1) is 22.3 Å². The summed E-state index contributed by atoms with van der Waals surface area (Å²) in [4.78, 5) is 36.7. The largest absolute Gasteiger partial charge is 0.504 e. The second-order valence-corrected chi connectivity index (χ2v) is 10.0. The molecule has 1 aliphatic rings. The van der Waals surface area contributed by atoms with Gasteiger partial charge in [0, 0.05) is 31.1 Å². The third-order valence-electron chi connectivity index (χ3n) is 5.63. The first-order chi connectivity index (χ1) is 17.4. The van der Waals surface area contributed by atoms with Crippen molar-refractivity contribution >= 4 is 46.2 Å². The number of nitrogens with one attached hydrogen (secondary N) is 1. The maximum absolute atomic E-state index is 14.4. The van der Waals surface area contributed by atoms with Gasteiger partial charge in [-0.1, -0.05) is 17.7 Å². The van der Waals surface area contributed by atoms with E-state index in [2.05, 4.69) is 15.3 Å². The molecule has 1 unspecified atom stereocenters. The molecule has 196 valence electrons. The molecule has 37 heavy (non-hydrogen) atoms. The maximum Gasteiger partial charge on any atom is 0.415 e. The monoisotopic (exact) mass is 531 g/mol. The van der Waals surface area contributed by atoms with Gasteiger partial charge in [0.25, 0.3) is 0 Å². The third kappa shape index (κ3) is 5.93. The molecule has 1 fully saturated rings. The lowest BCUT2D eigenvalue weighted by Crippen LogP contribution is -2.56. The Balaban J connectivity index is 1.52. The standard InChI is InChI=1S/C25H27ClFN5O5/c1-14-12-31(23(34)37-25(2,3)4)8-9-32(14)24(35)36-20-10-15-18(11-19(20)33)28-13-29-22(15)30-17-7-5-6-16(26)21(17)27/h5-7,10-11,13-14,33H,8-9,12H2,1-4H3,(H,28,29,30). The first-order valence-corrected chi connectivity index (χ1v) is 12.0. The van der Waals surface area contributed by atoms with Crippen LogP contribution in [-0.2, 0) is 4.74 Å². The summed E-state index contributed by atoms with van der Waals surface area (Å²) in [5.41, 5.74) is -0.188. The number of amides is 2. The number of carbonyl (C=O) groups is 2. The number of halogens is 2. The van der Waals surface area contributed by atoms with Gasteiger partial charge in [0.2, 0.25) is 0 Å². The molecule has 2 aromatic carbocycles. The highest BCUT2D eigenvalue weighted by Crippen LogP contribution is 2.35. The van der Waals surface area contributed by atoms with E-state index in [0.717, 1.165) is 0 Å². The highest BCUT2D eigenvalue weighted by molar-refractivity contribution is 6.31. The quantitative estimate of drug-likeness (QED) is 0.467. The summed E-state index contributed by atoms with van der Waals surface area (Å²) in [6, 6.07) is 6.86. The molecule has 10 nitrogen and oxygen atoms in total. The molecule has 0 saturated carbocycles. The Bertz CT molecular complexity index is 1350. The van der Waals surface area contributed by atoms with Gasteiger partial charge in [-0.2, -0.15) is 0 Å². The van der Waals surface area contributed by atoms with Crippen molar-refractivity contribution in [3.63, 3.8) is 0 Å². The van der Waals surface area contributed by atoms with E-state index in [9.17, 15) is 19.1 Å². The van der Waals surface area contributed by atoms with Crippen LogP contribution in [0.1, 0.15) is 27.7 Å². The van der Waals surface area contributed by atoms with E-state index >= 15 is 0 Å². The number of rotatable bonds is 3. The van der Waals surface area contributed by atoms with E-state index in [1.54, 1.807) is 33.8 Å².